The van der Waals surface area contributed by atoms with Gasteiger partial charge < -0.3 is 4.74 Å². The van der Waals surface area contributed by atoms with Crippen LogP contribution in [-0.4, -0.2) is 15.5 Å². The first kappa shape index (κ1) is 17.9. The highest BCUT2D eigenvalue weighted by Gasteiger charge is 2.13. The van der Waals surface area contributed by atoms with E-state index in [-0.39, 0.29) is 24.1 Å². The van der Waals surface area contributed by atoms with Gasteiger partial charge in [-0.1, -0.05) is 57.2 Å². The van der Waals surface area contributed by atoms with Gasteiger partial charge in [-0.05, 0) is 28.7 Å². The number of aromatic nitrogens is 2. The number of esters is 1. The number of nitrogens with zero attached hydrogens (tertiary/aromatic N) is 2. The van der Waals surface area contributed by atoms with Gasteiger partial charge in [0.05, 0.1) is 17.2 Å². The molecule has 0 unspecified atom stereocenters. The van der Waals surface area contributed by atoms with Crippen molar-refractivity contribution in [3.8, 4) is 0 Å². The van der Waals surface area contributed by atoms with E-state index in [1.165, 1.54) is 16.5 Å². The summed E-state index contributed by atoms with van der Waals surface area (Å²) in [6.07, 6.45) is 1.38. The van der Waals surface area contributed by atoms with Crippen LogP contribution in [0.3, 0.4) is 0 Å². The van der Waals surface area contributed by atoms with Gasteiger partial charge in [0.15, 0.2) is 0 Å². The van der Waals surface area contributed by atoms with Gasteiger partial charge in [-0.25, -0.2) is 4.98 Å². The largest absolute Gasteiger partial charge is 0.459 e. The summed E-state index contributed by atoms with van der Waals surface area (Å²) in [7, 11) is 0. The molecule has 1 aromatic heterocycles. The van der Waals surface area contributed by atoms with Crippen LogP contribution in [0.4, 0.5) is 0 Å². The highest BCUT2D eigenvalue weighted by Crippen LogP contribution is 2.22. The van der Waals surface area contributed by atoms with Crippen LogP contribution in [0.5, 0.6) is 0 Å². The molecule has 0 aliphatic carbocycles. The lowest BCUT2D eigenvalue weighted by molar-refractivity contribution is -0.145. The molecule has 0 aliphatic rings. The van der Waals surface area contributed by atoms with Crippen molar-refractivity contribution in [3.05, 3.63) is 76.3 Å². The minimum Gasteiger partial charge on any atom is -0.459 e. The molecule has 134 valence electrons. The Kier molecular flexibility index (Phi) is 4.89. The minimum absolute atomic E-state index is 0.0828. The maximum atomic E-state index is 12.4. The number of para-hydroxylation sites is 1. The van der Waals surface area contributed by atoms with Crippen molar-refractivity contribution >= 4 is 16.9 Å². The van der Waals surface area contributed by atoms with Gasteiger partial charge in [0.1, 0.15) is 13.2 Å². The Morgan fingerprint density at radius 3 is 2.46 bits per heavy atom. The summed E-state index contributed by atoms with van der Waals surface area (Å²) in [5.41, 5.74) is 2.58. The summed E-state index contributed by atoms with van der Waals surface area (Å²) in [6, 6.07) is 15.1. The van der Waals surface area contributed by atoms with E-state index < -0.39 is 5.97 Å². The van der Waals surface area contributed by atoms with Gasteiger partial charge >= 0.3 is 5.97 Å². The van der Waals surface area contributed by atoms with Crippen molar-refractivity contribution in [2.45, 2.75) is 39.3 Å². The van der Waals surface area contributed by atoms with E-state index in [9.17, 15) is 9.59 Å². The Morgan fingerprint density at radius 2 is 1.77 bits per heavy atom. The monoisotopic (exact) mass is 350 g/mol. The summed E-state index contributed by atoms with van der Waals surface area (Å²) in [5.74, 6) is -0.468. The van der Waals surface area contributed by atoms with Crippen LogP contribution in [-0.2, 0) is 28.1 Å². The highest BCUT2D eigenvalue weighted by atomic mass is 16.5. The molecule has 3 rings (SSSR count). The Morgan fingerprint density at radius 1 is 1.08 bits per heavy atom. The van der Waals surface area contributed by atoms with Crippen LogP contribution < -0.4 is 5.56 Å². The van der Waals surface area contributed by atoms with Gasteiger partial charge in [0.25, 0.3) is 5.56 Å². The Balaban J connectivity index is 1.64. The molecule has 0 saturated heterocycles. The highest BCUT2D eigenvalue weighted by molar-refractivity contribution is 5.77. The summed E-state index contributed by atoms with van der Waals surface area (Å²) >= 11 is 0. The van der Waals surface area contributed by atoms with E-state index in [1.807, 2.05) is 30.3 Å². The molecule has 0 amide bonds. The van der Waals surface area contributed by atoms with Gasteiger partial charge in [-0.3, -0.25) is 14.2 Å². The lowest BCUT2D eigenvalue weighted by Gasteiger charge is -2.19. The fraction of sp³-hybridized carbons (Fsp3) is 0.286. The van der Waals surface area contributed by atoms with Crippen molar-refractivity contribution in [1.82, 2.24) is 9.55 Å². The molecule has 0 fully saturated rings. The van der Waals surface area contributed by atoms with Crippen LogP contribution in [0.15, 0.2) is 59.7 Å². The fourth-order valence-electron chi connectivity index (χ4n) is 2.67. The predicted octanol–water partition coefficient (Wildman–Crippen LogP) is 3.44. The number of ether oxygens (including phenoxy) is 1. The molecule has 5 nitrogen and oxygen atoms in total. The third-order valence-corrected chi connectivity index (χ3v) is 4.25. The first-order valence-electron chi connectivity index (χ1n) is 8.54. The number of hydrogen-bond donors (Lipinski definition) is 0. The van der Waals surface area contributed by atoms with Gasteiger partial charge in [0, 0.05) is 0 Å². The van der Waals surface area contributed by atoms with E-state index in [2.05, 4.69) is 25.8 Å². The van der Waals surface area contributed by atoms with E-state index in [0.717, 1.165) is 5.56 Å². The zero-order chi connectivity index (χ0) is 18.7. The second-order valence-corrected chi connectivity index (χ2v) is 7.30. The molecular weight excluding hydrogens is 328 g/mol. The van der Waals surface area contributed by atoms with Crippen LogP contribution in [0, 0.1) is 0 Å². The first-order valence-corrected chi connectivity index (χ1v) is 8.54. The quantitative estimate of drug-likeness (QED) is 0.676. The zero-order valence-corrected chi connectivity index (χ0v) is 15.2. The molecule has 0 atom stereocenters. The smallest absolute Gasteiger partial charge is 0.326 e. The number of rotatable bonds is 4. The summed E-state index contributed by atoms with van der Waals surface area (Å²) < 4.78 is 6.57. The van der Waals surface area contributed by atoms with Crippen LogP contribution in [0.2, 0.25) is 0 Å². The molecule has 0 radical (unpaired) electrons. The van der Waals surface area contributed by atoms with Crippen LogP contribution >= 0.6 is 0 Å². The van der Waals surface area contributed by atoms with E-state index in [4.69, 9.17) is 4.74 Å². The van der Waals surface area contributed by atoms with Gasteiger partial charge in [-0.2, -0.15) is 0 Å². The van der Waals surface area contributed by atoms with E-state index in [1.54, 1.807) is 18.2 Å². The SMILES string of the molecule is CC(C)(C)c1ccc(COC(=O)Cn2cnc3ccccc3c2=O)cc1. The number of hydrogen-bond acceptors (Lipinski definition) is 4. The van der Waals surface area contributed by atoms with Crippen molar-refractivity contribution in [2.75, 3.05) is 0 Å². The molecule has 0 saturated carbocycles. The molecule has 1 heterocycles. The Bertz CT molecular complexity index is 983. The van der Waals surface area contributed by atoms with Gasteiger partial charge in [-0.15, -0.1) is 0 Å². The fourth-order valence-corrected chi connectivity index (χ4v) is 2.67. The third kappa shape index (κ3) is 3.99. The lowest BCUT2D eigenvalue weighted by Crippen LogP contribution is -2.25. The second kappa shape index (κ2) is 7.12. The number of fused-ring (bicyclic) bond motifs is 1. The van der Waals surface area contributed by atoms with E-state index >= 15 is 0 Å². The normalized spacial score (nSPS) is 11.5. The minimum atomic E-state index is -0.468. The van der Waals surface area contributed by atoms with Crippen molar-refractivity contribution in [1.29, 1.82) is 0 Å². The summed E-state index contributed by atoms with van der Waals surface area (Å²) in [5, 5.41) is 0.487. The molecule has 0 spiro atoms. The molecule has 5 heteroatoms. The molecule has 3 aromatic rings. The van der Waals surface area contributed by atoms with Crippen LogP contribution in [0.1, 0.15) is 31.9 Å². The summed E-state index contributed by atoms with van der Waals surface area (Å²) in [6.45, 7) is 6.47. The lowest BCUT2D eigenvalue weighted by atomic mass is 9.87. The maximum Gasteiger partial charge on any atom is 0.326 e. The predicted molar refractivity (Wildman–Crippen MR) is 101 cm³/mol. The number of benzene rings is 2. The van der Waals surface area contributed by atoms with E-state index in [0.29, 0.717) is 10.9 Å². The first-order chi connectivity index (χ1) is 12.3. The van der Waals surface area contributed by atoms with Crippen molar-refractivity contribution in [2.24, 2.45) is 0 Å². The molecular formula is C21H22N2O3. The molecule has 2 aromatic carbocycles. The Labute approximate surface area is 152 Å². The maximum absolute atomic E-state index is 12.4. The Hall–Kier alpha value is -2.95. The average molecular weight is 350 g/mol. The summed E-state index contributed by atoms with van der Waals surface area (Å²) in [4.78, 5) is 28.7. The molecule has 26 heavy (non-hydrogen) atoms. The topological polar surface area (TPSA) is 61.2 Å². The van der Waals surface area contributed by atoms with Crippen LogP contribution in [0.25, 0.3) is 10.9 Å². The standard InChI is InChI=1S/C21H22N2O3/c1-21(2,3)16-10-8-15(9-11-16)13-26-19(24)12-23-14-22-18-7-5-4-6-17(18)20(23)25/h4-11,14H,12-13H2,1-3H3. The van der Waals surface area contributed by atoms with Crippen molar-refractivity contribution < 1.29 is 9.53 Å². The number of carbonyl (C=O) groups is 1. The zero-order valence-electron chi connectivity index (χ0n) is 15.2. The molecule has 0 aliphatic heterocycles. The number of carbonyl (C=O) groups excluding carboxylic acids is 1. The van der Waals surface area contributed by atoms with Gasteiger partial charge in [0.2, 0.25) is 0 Å². The average Bonchev–Trinajstić information content (AvgIpc) is 2.62. The molecule has 0 bridgehead atoms. The third-order valence-electron chi connectivity index (χ3n) is 4.25. The second-order valence-electron chi connectivity index (χ2n) is 7.30. The van der Waals surface area contributed by atoms with Crippen molar-refractivity contribution in [3.63, 3.8) is 0 Å². The molecule has 0 N–H and O–H groups in total.